The highest BCUT2D eigenvalue weighted by Gasteiger charge is 1.94. The van der Waals surface area contributed by atoms with Crippen molar-refractivity contribution in [2.45, 2.75) is 19.8 Å². The Hall–Kier alpha value is -0.790. The average Bonchev–Trinajstić information content (AvgIpc) is 2.26. The van der Waals surface area contributed by atoms with Crippen LogP contribution < -0.4 is 5.32 Å². The first-order chi connectivity index (χ1) is 7.22. The first-order valence-electron chi connectivity index (χ1n) is 5.34. The Morgan fingerprint density at radius 3 is 2.60 bits per heavy atom. The van der Waals surface area contributed by atoms with Gasteiger partial charge in [0.2, 0.25) is 0 Å². The maximum absolute atomic E-state index is 5.81. The Balaban J connectivity index is 2.20. The number of benzene rings is 1. The van der Waals surface area contributed by atoms with Crippen LogP contribution in [0.5, 0.6) is 0 Å². The van der Waals surface area contributed by atoms with Crippen LogP contribution in [0.4, 0.5) is 0 Å². The summed E-state index contributed by atoms with van der Waals surface area (Å²) in [4.78, 5) is 0. The highest BCUT2D eigenvalue weighted by molar-refractivity contribution is 6.30. The van der Waals surface area contributed by atoms with E-state index in [1.165, 1.54) is 11.1 Å². The second kappa shape index (κ2) is 6.65. The molecule has 0 aliphatic heterocycles. The van der Waals surface area contributed by atoms with E-state index >= 15 is 0 Å². The topological polar surface area (TPSA) is 12.0 Å². The van der Waals surface area contributed by atoms with Crippen LogP contribution in [0.2, 0.25) is 5.02 Å². The third-order valence-electron chi connectivity index (χ3n) is 2.38. The Morgan fingerprint density at radius 1 is 1.33 bits per heavy atom. The molecule has 0 amide bonds. The number of hydrogen-bond donors (Lipinski definition) is 1. The SMILES string of the molecule is C=C(CC)CNCCc1ccc(Cl)cc1. The van der Waals surface area contributed by atoms with Crippen LogP contribution in [0.1, 0.15) is 18.9 Å². The van der Waals surface area contributed by atoms with Crippen LogP contribution in [0.15, 0.2) is 36.4 Å². The van der Waals surface area contributed by atoms with Gasteiger partial charge in [0.05, 0.1) is 0 Å². The van der Waals surface area contributed by atoms with E-state index in [1.54, 1.807) is 0 Å². The molecule has 0 spiro atoms. The van der Waals surface area contributed by atoms with Crippen LogP contribution in [0, 0.1) is 0 Å². The summed E-state index contributed by atoms with van der Waals surface area (Å²) in [6.45, 7) is 7.99. The van der Waals surface area contributed by atoms with Gasteiger partial charge < -0.3 is 5.32 Å². The van der Waals surface area contributed by atoms with E-state index in [0.717, 1.165) is 31.0 Å². The van der Waals surface area contributed by atoms with Crippen molar-refractivity contribution in [2.24, 2.45) is 0 Å². The third-order valence-corrected chi connectivity index (χ3v) is 2.63. The molecule has 1 rings (SSSR count). The lowest BCUT2D eigenvalue weighted by molar-refractivity contribution is 0.717. The minimum Gasteiger partial charge on any atom is -0.313 e. The molecule has 0 saturated carbocycles. The number of halogens is 1. The summed E-state index contributed by atoms with van der Waals surface area (Å²) < 4.78 is 0. The summed E-state index contributed by atoms with van der Waals surface area (Å²) >= 11 is 5.81. The van der Waals surface area contributed by atoms with Gasteiger partial charge in [0.1, 0.15) is 0 Å². The van der Waals surface area contributed by atoms with Crippen molar-refractivity contribution in [3.63, 3.8) is 0 Å². The molecule has 0 bridgehead atoms. The van der Waals surface area contributed by atoms with E-state index in [2.05, 4.69) is 31.0 Å². The highest BCUT2D eigenvalue weighted by atomic mass is 35.5. The van der Waals surface area contributed by atoms with Gasteiger partial charge in [-0.2, -0.15) is 0 Å². The van der Waals surface area contributed by atoms with Gasteiger partial charge in [-0.05, 0) is 37.1 Å². The zero-order valence-corrected chi connectivity index (χ0v) is 9.98. The van der Waals surface area contributed by atoms with Crippen molar-refractivity contribution in [1.29, 1.82) is 0 Å². The Kier molecular flexibility index (Phi) is 5.44. The normalized spacial score (nSPS) is 10.3. The minimum absolute atomic E-state index is 0.797. The van der Waals surface area contributed by atoms with Crippen LogP contribution in [-0.4, -0.2) is 13.1 Å². The summed E-state index contributed by atoms with van der Waals surface area (Å²) in [7, 11) is 0. The van der Waals surface area contributed by atoms with Crippen molar-refractivity contribution in [3.8, 4) is 0 Å². The van der Waals surface area contributed by atoms with Gasteiger partial charge in [-0.3, -0.25) is 0 Å². The lowest BCUT2D eigenvalue weighted by atomic mass is 10.1. The largest absolute Gasteiger partial charge is 0.313 e. The van der Waals surface area contributed by atoms with Crippen LogP contribution in [0.3, 0.4) is 0 Å². The van der Waals surface area contributed by atoms with E-state index in [4.69, 9.17) is 11.6 Å². The minimum atomic E-state index is 0.797. The molecule has 1 N–H and O–H groups in total. The summed E-state index contributed by atoms with van der Waals surface area (Å²) in [5, 5.41) is 4.16. The first-order valence-corrected chi connectivity index (χ1v) is 5.72. The molecule has 0 fully saturated rings. The van der Waals surface area contributed by atoms with Crippen LogP contribution in [-0.2, 0) is 6.42 Å². The zero-order chi connectivity index (χ0) is 11.1. The van der Waals surface area contributed by atoms with Gasteiger partial charge in [-0.1, -0.05) is 42.8 Å². The summed E-state index contributed by atoms with van der Waals surface area (Å²) in [5.41, 5.74) is 2.57. The van der Waals surface area contributed by atoms with E-state index in [-0.39, 0.29) is 0 Å². The fourth-order valence-corrected chi connectivity index (χ4v) is 1.40. The van der Waals surface area contributed by atoms with Gasteiger partial charge >= 0.3 is 0 Å². The van der Waals surface area contributed by atoms with Gasteiger partial charge in [-0.25, -0.2) is 0 Å². The molecular weight excluding hydrogens is 206 g/mol. The summed E-state index contributed by atoms with van der Waals surface area (Å²) in [6.07, 6.45) is 2.09. The highest BCUT2D eigenvalue weighted by Crippen LogP contribution is 2.09. The Morgan fingerprint density at radius 2 is 2.00 bits per heavy atom. The first kappa shape index (κ1) is 12.3. The van der Waals surface area contributed by atoms with Gasteiger partial charge in [0.15, 0.2) is 0 Å². The fourth-order valence-electron chi connectivity index (χ4n) is 1.27. The summed E-state index contributed by atoms with van der Waals surface area (Å²) in [6, 6.07) is 8.00. The smallest absolute Gasteiger partial charge is 0.0406 e. The Bertz CT molecular complexity index is 303. The second-order valence-electron chi connectivity index (χ2n) is 3.66. The third kappa shape index (κ3) is 5.01. The molecule has 0 aliphatic carbocycles. The van der Waals surface area contributed by atoms with Crippen molar-refractivity contribution in [1.82, 2.24) is 5.32 Å². The quantitative estimate of drug-likeness (QED) is 0.576. The zero-order valence-electron chi connectivity index (χ0n) is 9.22. The van der Waals surface area contributed by atoms with E-state index < -0.39 is 0 Å². The predicted octanol–water partition coefficient (Wildman–Crippen LogP) is 3.44. The van der Waals surface area contributed by atoms with Crippen molar-refractivity contribution >= 4 is 11.6 Å². The molecule has 0 unspecified atom stereocenters. The molecule has 2 heteroatoms. The van der Waals surface area contributed by atoms with Crippen molar-refractivity contribution in [3.05, 3.63) is 47.0 Å². The number of rotatable bonds is 6. The van der Waals surface area contributed by atoms with Crippen LogP contribution >= 0.6 is 11.6 Å². The summed E-state index contributed by atoms with van der Waals surface area (Å²) in [5.74, 6) is 0. The monoisotopic (exact) mass is 223 g/mol. The molecule has 0 radical (unpaired) electrons. The molecule has 1 nitrogen and oxygen atoms in total. The molecule has 0 heterocycles. The molecular formula is C13H18ClN. The maximum atomic E-state index is 5.81. The Labute approximate surface area is 97.1 Å². The van der Waals surface area contributed by atoms with E-state index in [0.29, 0.717) is 0 Å². The number of nitrogens with one attached hydrogen (secondary N) is 1. The van der Waals surface area contributed by atoms with Crippen molar-refractivity contribution < 1.29 is 0 Å². The standard InChI is InChI=1S/C13H18ClN/c1-3-11(2)10-15-9-8-12-4-6-13(14)7-5-12/h4-7,15H,2-3,8-10H2,1H3. The lowest BCUT2D eigenvalue weighted by Gasteiger charge is -2.05. The average molecular weight is 224 g/mol. The van der Waals surface area contributed by atoms with Gasteiger partial charge in [-0.15, -0.1) is 0 Å². The molecule has 82 valence electrons. The van der Waals surface area contributed by atoms with Crippen LogP contribution in [0.25, 0.3) is 0 Å². The predicted molar refractivity (Wildman–Crippen MR) is 67.5 cm³/mol. The van der Waals surface area contributed by atoms with Crippen molar-refractivity contribution in [2.75, 3.05) is 13.1 Å². The van der Waals surface area contributed by atoms with E-state index in [1.807, 2.05) is 12.1 Å². The molecule has 1 aromatic rings. The maximum Gasteiger partial charge on any atom is 0.0406 e. The molecule has 0 atom stereocenters. The lowest BCUT2D eigenvalue weighted by Crippen LogP contribution is -2.19. The second-order valence-corrected chi connectivity index (χ2v) is 4.09. The van der Waals surface area contributed by atoms with Gasteiger partial charge in [0, 0.05) is 11.6 Å². The molecule has 0 aliphatic rings. The molecule has 15 heavy (non-hydrogen) atoms. The van der Waals surface area contributed by atoms with E-state index in [9.17, 15) is 0 Å². The molecule has 0 saturated heterocycles. The number of hydrogen-bond acceptors (Lipinski definition) is 1. The molecule has 0 aromatic heterocycles. The fraction of sp³-hybridized carbons (Fsp3) is 0.385. The molecule has 1 aromatic carbocycles. The van der Waals surface area contributed by atoms with Gasteiger partial charge in [0.25, 0.3) is 0 Å².